The van der Waals surface area contributed by atoms with E-state index in [1.165, 1.54) is 39.3 Å². The Labute approximate surface area is 117 Å². The average molecular weight is 304 g/mol. The molecule has 0 aliphatic carbocycles. The second-order valence-electron chi connectivity index (χ2n) is 4.41. The molecule has 0 heterocycles. The summed E-state index contributed by atoms with van der Waals surface area (Å²) in [6, 6.07) is 4.29. The highest BCUT2D eigenvalue weighted by molar-refractivity contribution is 7.90. The Hall–Kier alpha value is -1.63. The molecule has 1 rings (SSSR count). The van der Waals surface area contributed by atoms with Crippen LogP contribution >= 0.6 is 0 Å². The number of carbonyl (C=O) groups excluding carboxylic acids is 1. The van der Waals surface area contributed by atoms with Gasteiger partial charge in [-0.3, -0.25) is 4.79 Å². The molecule has 0 saturated heterocycles. The molecule has 5 nitrogen and oxygen atoms in total. The van der Waals surface area contributed by atoms with Crippen molar-refractivity contribution in [1.82, 2.24) is 0 Å². The monoisotopic (exact) mass is 304 g/mol. The molecule has 0 saturated carbocycles. The molecular weight excluding hydrogens is 287 g/mol. The first-order valence-electron chi connectivity index (χ1n) is 5.90. The average Bonchev–Trinajstić information content (AvgIpc) is 2.39. The molecule has 0 amide bonds. The molecule has 7 heteroatoms. The molecular formula is C13H17FO5S. The number of rotatable bonds is 6. The first kappa shape index (κ1) is 16.4. The van der Waals surface area contributed by atoms with Crippen molar-refractivity contribution in [3.8, 4) is 5.75 Å². The second kappa shape index (κ2) is 6.69. The maximum Gasteiger partial charge on any atom is 0.309 e. The lowest BCUT2D eigenvalue weighted by Crippen LogP contribution is -2.23. The van der Waals surface area contributed by atoms with Crippen molar-refractivity contribution in [1.29, 1.82) is 0 Å². The minimum Gasteiger partial charge on any atom is -0.494 e. The highest BCUT2D eigenvalue weighted by Crippen LogP contribution is 2.22. The van der Waals surface area contributed by atoms with Crippen molar-refractivity contribution < 1.29 is 27.1 Å². The molecule has 0 aliphatic rings. The molecule has 0 aliphatic heterocycles. The summed E-state index contributed by atoms with van der Waals surface area (Å²) in [4.78, 5) is 11.2. The van der Waals surface area contributed by atoms with E-state index in [-0.39, 0.29) is 11.3 Å². The molecule has 112 valence electrons. The minimum absolute atomic E-state index is 0.0151. The van der Waals surface area contributed by atoms with Gasteiger partial charge in [0.15, 0.2) is 21.4 Å². The summed E-state index contributed by atoms with van der Waals surface area (Å²) in [6.45, 7) is 1.45. The quantitative estimate of drug-likeness (QED) is 0.746. The number of halogens is 1. The van der Waals surface area contributed by atoms with Gasteiger partial charge in [-0.15, -0.1) is 0 Å². The van der Waals surface area contributed by atoms with Gasteiger partial charge in [0.05, 0.1) is 31.6 Å². The van der Waals surface area contributed by atoms with Crippen LogP contribution in [0.25, 0.3) is 0 Å². The molecule has 20 heavy (non-hydrogen) atoms. The predicted octanol–water partition coefficient (Wildman–Crippen LogP) is 1.56. The summed E-state index contributed by atoms with van der Waals surface area (Å²) < 4.78 is 47.1. The summed E-state index contributed by atoms with van der Waals surface area (Å²) in [6.07, 6.45) is 0. The van der Waals surface area contributed by atoms with E-state index in [9.17, 15) is 17.6 Å². The Morgan fingerprint density at radius 3 is 2.55 bits per heavy atom. The molecule has 1 aromatic rings. The number of ether oxygens (including phenoxy) is 2. The Balaban J connectivity index is 2.89. The van der Waals surface area contributed by atoms with E-state index in [0.29, 0.717) is 0 Å². The number of carbonyl (C=O) groups is 1. The Kier molecular flexibility index (Phi) is 5.50. The number of hydrogen-bond donors (Lipinski definition) is 0. The Bertz CT molecular complexity index is 582. The lowest BCUT2D eigenvalue weighted by Gasteiger charge is -2.11. The number of sulfone groups is 1. The van der Waals surface area contributed by atoms with E-state index in [0.717, 1.165) is 0 Å². The van der Waals surface area contributed by atoms with Gasteiger partial charge in [0.25, 0.3) is 0 Å². The van der Waals surface area contributed by atoms with Crippen molar-refractivity contribution >= 4 is 15.8 Å². The van der Waals surface area contributed by atoms with Crippen molar-refractivity contribution in [3.05, 3.63) is 29.6 Å². The van der Waals surface area contributed by atoms with Crippen LogP contribution in [0.2, 0.25) is 0 Å². The van der Waals surface area contributed by atoms with Gasteiger partial charge in [0.1, 0.15) is 0 Å². The molecule has 0 bridgehead atoms. The SMILES string of the molecule is COC(=O)C(C)CS(=O)(=O)Cc1cccc(OC)c1F. The Morgan fingerprint density at radius 1 is 1.35 bits per heavy atom. The van der Waals surface area contributed by atoms with Crippen LogP contribution < -0.4 is 4.74 Å². The first-order valence-corrected chi connectivity index (χ1v) is 7.72. The van der Waals surface area contributed by atoms with E-state index in [2.05, 4.69) is 4.74 Å². The summed E-state index contributed by atoms with van der Waals surface area (Å²) >= 11 is 0. The van der Waals surface area contributed by atoms with Crippen molar-refractivity contribution in [2.24, 2.45) is 5.92 Å². The van der Waals surface area contributed by atoms with Crippen LogP contribution in [0.5, 0.6) is 5.75 Å². The molecule has 1 atom stereocenters. The molecule has 0 spiro atoms. The lowest BCUT2D eigenvalue weighted by atomic mass is 10.2. The topological polar surface area (TPSA) is 69.7 Å². The van der Waals surface area contributed by atoms with Gasteiger partial charge in [-0.1, -0.05) is 19.1 Å². The van der Waals surface area contributed by atoms with Crippen molar-refractivity contribution in [2.75, 3.05) is 20.0 Å². The van der Waals surface area contributed by atoms with Gasteiger partial charge < -0.3 is 9.47 Å². The van der Waals surface area contributed by atoms with Gasteiger partial charge in [-0.25, -0.2) is 12.8 Å². The van der Waals surface area contributed by atoms with E-state index >= 15 is 0 Å². The number of benzene rings is 1. The van der Waals surface area contributed by atoms with Crippen molar-refractivity contribution in [3.63, 3.8) is 0 Å². The van der Waals surface area contributed by atoms with Crippen LogP contribution in [0.3, 0.4) is 0 Å². The van der Waals surface area contributed by atoms with Gasteiger partial charge in [0, 0.05) is 5.56 Å². The molecule has 0 N–H and O–H groups in total. The summed E-state index contributed by atoms with van der Waals surface area (Å²) in [5.41, 5.74) is 0.0152. The smallest absolute Gasteiger partial charge is 0.309 e. The van der Waals surface area contributed by atoms with Crippen LogP contribution in [-0.4, -0.2) is 34.4 Å². The van der Waals surface area contributed by atoms with Crippen LogP contribution in [-0.2, 0) is 25.1 Å². The summed E-state index contributed by atoms with van der Waals surface area (Å²) in [5, 5.41) is 0. The molecule has 1 aromatic carbocycles. The van der Waals surface area contributed by atoms with Gasteiger partial charge >= 0.3 is 5.97 Å². The lowest BCUT2D eigenvalue weighted by molar-refractivity contribution is -0.144. The van der Waals surface area contributed by atoms with Gasteiger partial charge in [-0.2, -0.15) is 0 Å². The fraction of sp³-hybridized carbons (Fsp3) is 0.462. The van der Waals surface area contributed by atoms with Gasteiger partial charge in [-0.05, 0) is 6.07 Å². The summed E-state index contributed by atoms with van der Waals surface area (Å²) in [7, 11) is -1.14. The van der Waals surface area contributed by atoms with E-state index < -0.39 is 39.0 Å². The molecule has 1 unspecified atom stereocenters. The fourth-order valence-electron chi connectivity index (χ4n) is 1.77. The third kappa shape index (κ3) is 4.19. The largest absolute Gasteiger partial charge is 0.494 e. The second-order valence-corrected chi connectivity index (χ2v) is 6.52. The number of esters is 1. The van der Waals surface area contributed by atoms with E-state index in [1.54, 1.807) is 0 Å². The number of methoxy groups -OCH3 is 2. The summed E-state index contributed by atoms with van der Waals surface area (Å²) in [5.74, 6) is -3.00. The normalized spacial score (nSPS) is 12.8. The van der Waals surface area contributed by atoms with E-state index in [4.69, 9.17) is 4.74 Å². The predicted molar refractivity (Wildman–Crippen MR) is 71.6 cm³/mol. The zero-order chi connectivity index (χ0) is 15.3. The third-order valence-corrected chi connectivity index (χ3v) is 4.50. The maximum absolute atomic E-state index is 13.9. The van der Waals surface area contributed by atoms with Gasteiger partial charge in [0.2, 0.25) is 0 Å². The zero-order valence-corrected chi connectivity index (χ0v) is 12.4. The number of hydrogen-bond acceptors (Lipinski definition) is 5. The fourth-order valence-corrected chi connectivity index (χ4v) is 3.48. The highest BCUT2D eigenvalue weighted by atomic mass is 32.2. The third-order valence-electron chi connectivity index (χ3n) is 2.75. The standard InChI is InChI=1S/C13H17FO5S/c1-9(13(15)19-3)7-20(16,17)8-10-5-4-6-11(18-2)12(10)14/h4-6,9H,7-8H2,1-3H3. The van der Waals surface area contributed by atoms with Crippen LogP contribution in [0.15, 0.2) is 18.2 Å². The maximum atomic E-state index is 13.9. The van der Waals surface area contributed by atoms with E-state index in [1.807, 2.05) is 0 Å². The molecule has 0 radical (unpaired) electrons. The molecule has 0 aromatic heterocycles. The minimum atomic E-state index is -3.63. The molecule has 0 fully saturated rings. The first-order chi connectivity index (χ1) is 9.30. The van der Waals surface area contributed by atoms with Crippen LogP contribution in [0, 0.1) is 11.7 Å². The zero-order valence-electron chi connectivity index (χ0n) is 11.6. The Morgan fingerprint density at radius 2 is 2.00 bits per heavy atom. The van der Waals surface area contributed by atoms with Crippen LogP contribution in [0.1, 0.15) is 12.5 Å². The highest BCUT2D eigenvalue weighted by Gasteiger charge is 2.24. The van der Waals surface area contributed by atoms with Crippen molar-refractivity contribution in [2.45, 2.75) is 12.7 Å². The van der Waals surface area contributed by atoms with Crippen LogP contribution in [0.4, 0.5) is 4.39 Å².